The van der Waals surface area contributed by atoms with Gasteiger partial charge in [-0.15, -0.1) is 0 Å². The maximum atomic E-state index is 5.46. The highest BCUT2D eigenvalue weighted by Crippen LogP contribution is 2.46. The molecular formula is C10H17N3O. The molecule has 1 aliphatic rings. The maximum Gasteiger partial charge on any atom is 0.260 e. The molecule has 2 N–H and O–H groups in total. The van der Waals surface area contributed by atoms with Gasteiger partial charge in [-0.25, -0.2) is 0 Å². The van der Waals surface area contributed by atoms with Crippen LogP contribution in [0.2, 0.25) is 0 Å². The Kier molecular flexibility index (Phi) is 2.21. The molecule has 1 heterocycles. The summed E-state index contributed by atoms with van der Waals surface area (Å²) >= 11 is 0. The van der Waals surface area contributed by atoms with Crippen molar-refractivity contribution < 1.29 is 4.52 Å². The van der Waals surface area contributed by atoms with Crippen molar-refractivity contribution in [2.45, 2.75) is 45.4 Å². The van der Waals surface area contributed by atoms with Gasteiger partial charge in [-0.05, 0) is 23.4 Å². The van der Waals surface area contributed by atoms with E-state index in [0.29, 0.717) is 11.8 Å². The topological polar surface area (TPSA) is 64.9 Å². The van der Waals surface area contributed by atoms with Gasteiger partial charge in [0.2, 0.25) is 5.89 Å². The van der Waals surface area contributed by atoms with Crippen molar-refractivity contribution in [3.63, 3.8) is 0 Å². The van der Waals surface area contributed by atoms with Gasteiger partial charge in [-0.2, -0.15) is 4.98 Å². The van der Waals surface area contributed by atoms with E-state index in [1.807, 2.05) is 0 Å². The molecule has 1 atom stereocenters. The summed E-state index contributed by atoms with van der Waals surface area (Å²) in [6, 6.07) is 0. The normalized spacial score (nSPS) is 26.3. The van der Waals surface area contributed by atoms with Crippen molar-refractivity contribution in [2.75, 3.05) is 5.73 Å². The molecule has 0 spiro atoms. The van der Waals surface area contributed by atoms with Gasteiger partial charge in [0.25, 0.3) is 5.95 Å². The summed E-state index contributed by atoms with van der Waals surface area (Å²) in [5.41, 5.74) is 5.72. The zero-order chi connectivity index (χ0) is 10.2. The average Bonchev–Trinajstić information content (AvgIpc) is 2.51. The number of hydrogen-bond acceptors (Lipinski definition) is 4. The van der Waals surface area contributed by atoms with Crippen molar-refractivity contribution in [1.29, 1.82) is 0 Å². The standard InChI is InChI=1S/C10H17N3O/c1-10(2)6-4-3-5-7(10)8-12-9(11)13-14-8/h7H,3-6H2,1-2H3,(H2,11,13). The molecule has 0 aromatic carbocycles. The summed E-state index contributed by atoms with van der Waals surface area (Å²) in [4.78, 5) is 4.13. The van der Waals surface area contributed by atoms with Crippen LogP contribution < -0.4 is 5.73 Å². The molecule has 1 unspecified atom stereocenters. The van der Waals surface area contributed by atoms with E-state index in [-0.39, 0.29) is 11.4 Å². The molecular weight excluding hydrogens is 178 g/mol. The van der Waals surface area contributed by atoms with Crippen molar-refractivity contribution in [3.8, 4) is 0 Å². The lowest BCUT2D eigenvalue weighted by molar-refractivity contribution is 0.164. The molecule has 1 aromatic heterocycles. The number of hydrogen-bond donors (Lipinski definition) is 1. The smallest absolute Gasteiger partial charge is 0.260 e. The van der Waals surface area contributed by atoms with Gasteiger partial charge < -0.3 is 10.3 Å². The van der Waals surface area contributed by atoms with Gasteiger partial charge >= 0.3 is 0 Å². The first-order chi connectivity index (χ1) is 6.59. The fourth-order valence-electron chi connectivity index (χ4n) is 2.34. The third-order valence-corrected chi connectivity index (χ3v) is 3.26. The summed E-state index contributed by atoms with van der Waals surface area (Å²) in [5.74, 6) is 1.34. The lowest BCUT2D eigenvalue weighted by atomic mass is 9.69. The fraction of sp³-hybridized carbons (Fsp3) is 0.800. The number of aromatic nitrogens is 2. The molecule has 1 saturated carbocycles. The monoisotopic (exact) mass is 195 g/mol. The molecule has 4 nitrogen and oxygen atoms in total. The Balaban J connectivity index is 2.23. The van der Waals surface area contributed by atoms with E-state index in [1.165, 1.54) is 19.3 Å². The van der Waals surface area contributed by atoms with Gasteiger partial charge in [0, 0.05) is 5.92 Å². The minimum absolute atomic E-state index is 0.251. The van der Waals surface area contributed by atoms with Crippen molar-refractivity contribution in [1.82, 2.24) is 10.1 Å². The van der Waals surface area contributed by atoms with Gasteiger partial charge in [0.05, 0.1) is 0 Å². The van der Waals surface area contributed by atoms with Crippen LogP contribution in [0.15, 0.2) is 4.52 Å². The largest absolute Gasteiger partial charge is 0.365 e. The number of nitrogens with two attached hydrogens (primary N) is 1. The van der Waals surface area contributed by atoms with Crippen LogP contribution in [0, 0.1) is 5.41 Å². The summed E-state index contributed by atoms with van der Waals surface area (Å²) in [5, 5.41) is 3.65. The predicted molar refractivity (Wildman–Crippen MR) is 53.7 cm³/mol. The zero-order valence-corrected chi connectivity index (χ0v) is 8.79. The van der Waals surface area contributed by atoms with E-state index in [1.54, 1.807) is 0 Å². The first kappa shape index (κ1) is 9.49. The molecule has 0 amide bonds. The average molecular weight is 195 g/mol. The summed E-state index contributed by atoms with van der Waals surface area (Å²) < 4.78 is 5.15. The number of anilines is 1. The molecule has 2 rings (SSSR count). The van der Waals surface area contributed by atoms with Crippen LogP contribution in [-0.4, -0.2) is 10.1 Å². The molecule has 0 radical (unpaired) electrons. The summed E-state index contributed by atoms with van der Waals surface area (Å²) in [6.45, 7) is 4.52. The third kappa shape index (κ3) is 1.61. The predicted octanol–water partition coefficient (Wildman–Crippen LogP) is 2.34. The van der Waals surface area contributed by atoms with Crippen LogP contribution in [-0.2, 0) is 0 Å². The Morgan fingerprint density at radius 1 is 1.43 bits per heavy atom. The zero-order valence-electron chi connectivity index (χ0n) is 8.79. The van der Waals surface area contributed by atoms with E-state index in [2.05, 4.69) is 24.0 Å². The molecule has 4 heteroatoms. The second-order valence-electron chi connectivity index (χ2n) is 4.78. The third-order valence-electron chi connectivity index (χ3n) is 3.26. The highest BCUT2D eigenvalue weighted by atomic mass is 16.5. The van der Waals surface area contributed by atoms with Crippen LogP contribution in [0.5, 0.6) is 0 Å². The van der Waals surface area contributed by atoms with Crippen LogP contribution in [0.3, 0.4) is 0 Å². The Morgan fingerprint density at radius 3 is 2.79 bits per heavy atom. The van der Waals surface area contributed by atoms with Crippen LogP contribution in [0.25, 0.3) is 0 Å². The molecule has 1 aromatic rings. The number of rotatable bonds is 1. The van der Waals surface area contributed by atoms with Crippen LogP contribution in [0.4, 0.5) is 5.95 Å². The van der Waals surface area contributed by atoms with E-state index in [0.717, 1.165) is 6.42 Å². The SMILES string of the molecule is CC1(C)CCCCC1c1nc(N)no1. The van der Waals surface area contributed by atoms with Crippen molar-refractivity contribution in [2.24, 2.45) is 5.41 Å². The lowest BCUT2D eigenvalue weighted by Crippen LogP contribution is -2.26. The first-order valence-electron chi connectivity index (χ1n) is 5.19. The minimum Gasteiger partial charge on any atom is -0.365 e. The number of nitrogen functional groups attached to an aromatic ring is 1. The molecule has 0 aliphatic heterocycles. The Labute approximate surface area is 83.9 Å². The molecule has 14 heavy (non-hydrogen) atoms. The molecule has 0 bridgehead atoms. The molecule has 1 aliphatic carbocycles. The Bertz CT molecular complexity index is 319. The van der Waals surface area contributed by atoms with Gasteiger partial charge in [0.15, 0.2) is 0 Å². The van der Waals surface area contributed by atoms with Gasteiger partial charge in [-0.1, -0.05) is 26.7 Å². The Hall–Kier alpha value is -1.06. The van der Waals surface area contributed by atoms with E-state index in [4.69, 9.17) is 10.3 Å². The fourth-order valence-corrected chi connectivity index (χ4v) is 2.34. The van der Waals surface area contributed by atoms with Crippen LogP contribution >= 0.6 is 0 Å². The summed E-state index contributed by atoms with van der Waals surface area (Å²) in [7, 11) is 0. The lowest BCUT2D eigenvalue weighted by Gasteiger charge is -2.36. The maximum absolute atomic E-state index is 5.46. The highest BCUT2D eigenvalue weighted by Gasteiger charge is 2.36. The van der Waals surface area contributed by atoms with Gasteiger partial charge in [0.1, 0.15) is 0 Å². The Morgan fingerprint density at radius 2 is 2.21 bits per heavy atom. The molecule has 78 valence electrons. The van der Waals surface area contributed by atoms with E-state index < -0.39 is 0 Å². The van der Waals surface area contributed by atoms with Crippen molar-refractivity contribution in [3.05, 3.63) is 5.89 Å². The minimum atomic E-state index is 0.251. The van der Waals surface area contributed by atoms with E-state index in [9.17, 15) is 0 Å². The number of nitrogens with zero attached hydrogens (tertiary/aromatic N) is 2. The highest BCUT2D eigenvalue weighted by molar-refractivity contribution is 5.14. The summed E-state index contributed by atoms with van der Waals surface area (Å²) in [6.07, 6.45) is 4.90. The molecule has 0 saturated heterocycles. The quantitative estimate of drug-likeness (QED) is 0.747. The van der Waals surface area contributed by atoms with Crippen LogP contribution in [0.1, 0.15) is 51.3 Å². The van der Waals surface area contributed by atoms with E-state index >= 15 is 0 Å². The van der Waals surface area contributed by atoms with Gasteiger partial charge in [-0.3, -0.25) is 0 Å². The second-order valence-corrected chi connectivity index (χ2v) is 4.78. The second kappa shape index (κ2) is 3.26. The molecule has 1 fully saturated rings. The van der Waals surface area contributed by atoms with Crippen molar-refractivity contribution >= 4 is 5.95 Å². The first-order valence-corrected chi connectivity index (χ1v) is 5.19.